The third-order valence-electron chi connectivity index (χ3n) is 3.89. The van der Waals surface area contributed by atoms with Crippen LogP contribution in [0.25, 0.3) is 0 Å². The van der Waals surface area contributed by atoms with Crippen LogP contribution in [0.5, 0.6) is 11.5 Å². The van der Waals surface area contributed by atoms with E-state index in [2.05, 4.69) is 0 Å². The molecule has 2 rings (SSSR count). The van der Waals surface area contributed by atoms with Gasteiger partial charge in [-0.15, -0.1) is 0 Å². The SMILES string of the molecule is CC(=O)SCC1CC(=O)N([C@@H](Cc2ccc(O)c(O)c2)C(=O)O)C1. The predicted octanol–water partition coefficient (Wildman–Crippen LogP) is 1.22. The number of hydrogen-bond donors (Lipinski definition) is 3. The summed E-state index contributed by atoms with van der Waals surface area (Å²) in [6, 6.07) is 3.03. The summed E-state index contributed by atoms with van der Waals surface area (Å²) in [5, 5.41) is 28.3. The van der Waals surface area contributed by atoms with Crippen LogP contribution < -0.4 is 0 Å². The van der Waals surface area contributed by atoms with Crippen molar-refractivity contribution < 1.29 is 29.7 Å². The first-order valence-corrected chi connectivity index (χ1v) is 8.43. The lowest BCUT2D eigenvalue weighted by Gasteiger charge is -2.25. The summed E-state index contributed by atoms with van der Waals surface area (Å²) < 4.78 is 0. The van der Waals surface area contributed by atoms with E-state index in [1.54, 1.807) is 0 Å². The van der Waals surface area contributed by atoms with Gasteiger partial charge in [0.1, 0.15) is 6.04 Å². The van der Waals surface area contributed by atoms with Crippen LogP contribution in [0.4, 0.5) is 0 Å². The summed E-state index contributed by atoms with van der Waals surface area (Å²) in [5.41, 5.74) is 0.507. The van der Waals surface area contributed by atoms with Gasteiger partial charge in [0.05, 0.1) is 0 Å². The van der Waals surface area contributed by atoms with E-state index in [0.717, 1.165) is 11.8 Å². The molecule has 2 atom stereocenters. The lowest BCUT2D eigenvalue weighted by atomic mass is 10.0. The van der Waals surface area contributed by atoms with Crippen LogP contribution in [0.3, 0.4) is 0 Å². The molecule has 0 spiro atoms. The fourth-order valence-electron chi connectivity index (χ4n) is 2.71. The van der Waals surface area contributed by atoms with Crippen molar-refractivity contribution >= 4 is 28.8 Å². The van der Waals surface area contributed by atoms with Crippen molar-refractivity contribution in [2.24, 2.45) is 5.92 Å². The number of hydrogen-bond acceptors (Lipinski definition) is 6. The van der Waals surface area contributed by atoms with E-state index in [-0.39, 0.29) is 41.3 Å². The topological polar surface area (TPSA) is 115 Å². The number of carboxylic acids is 1. The first kappa shape index (κ1) is 18.1. The Bertz CT molecular complexity index is 662. The van der Waals surface area contributed by atoms with Crippen molar-refractivity contribution in [3.05, 3.63) is 23.8 Å². The quantitative estimate of drug-likeness (QED) is 0.659. The van der Waals surface area contributed by atoms with E-state index in [1.807, 2.05) is 0 Å². The fourth-order valence-corrected chi connectivity index (χ4v) is 3.40. The molecule has 3 N–H and O–H groups in total. The molecule has 0 saturated carbocycles. The van der Waals surface area contributed by atoms with Crippen molar-refractivity contribution in [3.8, 4) is 11.5 Å². The van der Waals surface area contributed by atoms with Gasteiger partial charge in [-0.2, -0.15) is 0 Å². The molecule has 0 aliphatic carbocycles. The van der Waals surface area contributed by atoms with Gasteiger partial charge in [0, 0.05) is 32.1 Å². The summed E-state index contributed by atoms with van der Waals surface area (Å²) in [7, 11) is 0. The van der Waals surface area contributed by atoms with Gasteiger partial charge >= 0.3 is 5.97 Å². The summed E-state index contributed by atoms with van der Waals surface area (Å²) in [5.74, 6) is -1.56. The minimum absolute atomic E-state index is 0.0293. The highest BCUT2D eigenvalue weighted by Gasteiger charge is 2.37. The van der Waals surface area contributed by atoms with Crippen molar-refractivity contribution in [2.75, 3.05) is 12.3 Å². The highest BCUT2D eigenvalue weighted by Crippen LogP contribution is 2.28. The molecular weight excluding hydrogens is 334 g/mol. The number of amides is 1. The molecule has 0 bridgehead atoms. The molecule has 1 aliphatic heterocycles. The van der Waals surface area contributed by atoms with Crippen molar-refractivity contribution in [1.29, 1.82) is 0 Å². The van der Waals surface area contributed by atoms with Gasteiger partial charge in [-0.25, -0.2) is 4.79 Å². The van der Waals surface area contributed by atoms with Crippen LogP contribution in [-0.2, 0) is 20.8 Å². The van der Waals surface area contributed by atoms with Crippen LogP contribution in [0.2, 0.25) is 0 Å². The van der Waals surface area contributed by atoms with Crippen molar-refractivity contribution in [1.82, 2.24) is 4.90 Å². The highest BCUT2D eigenvalue weighted by molar-refractivity contribution is 8.13. The number of thioether (sulfide) groups is 1. The van der Waals surface area contributed by atoms with Crippen LogP contribution in [-0.4, -0.2) is 55.6 Å². The third kappa shape index (κ3) is 4.41. The Morgan fingerprint density at radius 2 is 2.04 bits per heavy atom. The van der Waals surface area contributed by atoms with Gasteiger partial charge in [0.15, 0.2) is 16.6 Å². The Morgan fingerprint density at radius 3 is 2.62 bits per heavy atom. The van der Waals surface area contributed by atoms with Gasteiger partial charge < -0.3 is 20.2 Å². The number of aromatic hydroxyl groups is 2. The maximum atomic E-state index is 12.2. The normalized spacial score (nSPS) is 18.6. The molecule has 1 saturated heterocycles. The number of phenolic OH excluding ortho intramolecular Hbond substituents is 2. The molecule has 0 aromatic heterocycles. The van der Waals surface area contributed by atoms with E-state index < -0.39 is 12.0 Å². The second kappa shape index (κ2) is 7.57. The maximum absolute atomic E-state index is 12.2. The number of benzene rings is 1. The van der Waals surface area contributed by atoms with E-state index in [4.69, 9.17) is 0 Å². The number of aliphatic carboxylic acids is 1. The Hall–Kier alpha value is -2.22. The molecule has 1 aromatic rings. The minimum Gasteiger partial charge on any atom is -0.504 e. The highest BCUT2D eigenvalue weighted by atomic mass is 32.2. The predicted molar refractivity (Wildman–Crippen MR) is 87.9 cm³/mol. The lowest BCUT2D eigenvalue weighted by molar-refractivity contribution is -0.148. The van der Waals surface area contributed by atoms with Gasteiger partial charge in [-0.05, 0) is 23.6 Å². The standard InChI is InChI=1S/C16H19NO6S/c1-9(18)24-8-11-6-15(21)17(7-11)12(16(22)23)4-10-2-3-13(19)14(20)5-10/h2-3,5,11-12,19-20H,4,6-8H2,1H3,(H,22,23)/t11?,12-/m0/s1. The molecular formula is C16H19NO6S. The molecule has 1 aliphatic rings. The largest absolute Gasteiger partial charge is 0.504 e. The zero-order chi connectivity index (χ0) is 17.9. The smallest absolute Gasteiger partial charge is 0.326 e. The number of phenols is 2. The second-order valence-corrected chi connectivity index (χ2v) is 7.00. The molecule has 1 fully saturated rings. The average Bonchev–Trinajstić information content (AvgIpc) is 2.86. The van der Waals surface area contributed by atoms with Crippen LogP contribution in [0, 0.1) is 5.92 Å². The van der Waals surface area contributed by atoms with E-state index in [1.165, 1.54) is 30.0 Å². The molecule has 1 aromatic carbocycles. The summed E-state index contributed by atoms with van der Waals surface area (Å²) in [6.45, 7) is 1.75. The zero-order valence-electron chi connectivity index (χ0n) is 13.1. The number of likely N-dealkylation sites (tertiary alicyclic amines) is 1. The number of nitrogens with zero attached hydrogens (tertiary/aromatic N) is 1. The van der Waals surface area contributed by atoms with Gasteiger partial charge in [-0.1, -0.05) is 17.8 Å². The summed E-state index contributed by atoms with van der Waals surface area (Å²) >= 11 is 1.13. The molecule has 24 heavy (non-hydrogen) atoms. The molecule has 1 unspecified atom stereocenters. The Morgan fingerprint density at radius 1 is 1.33 bits per heavy atom. The first-order valence-electron chi connectivity index (χ1n) is 7.44. The van der Waals surface area contributed by atoms with Crippen LogP contribution >= 0.6 is 11.8 Å². The Kier molecular flexibility index (Phi) is 5.71. The lowest BCUT2D eigenvalue weighted by Crippen LogP contribution is -2.43. The van der Waals surface area contributed by atoms with E-state index in [9.17, 15) is 29.7 Å². The fraction of sp³-hybridized carbons (Fsp3) is 0.438. The number of carbonyl (C=O) groups excluding carboxylic acids is 2. The molecule has 7 nitrogen and oxygen atoms in total. The Labute approximate surface area is 143 Å². The zero-order valence-corrected chi connectivity index (χ0v) is 14.0. The van der Waals surface area contributed by atoms with Gasteiger partial charge in [-0.3, -0.25) is 9.59 Å². The Balaban J connectivity index is 2.09. The third-order valence-corrected chi connectivity index (χ3v) is 4.94. The van der Waals surface area contributed by atoms with Gasteiger partial charge in [0.25, 0.3) is 0 Å². The molecule has 1 heterocycles. The monoisotopic (exact) mass is 353 g/mol. The van der Waals surface area contributed by atoms with Crippen molar-refractivity contribution in [2.45, 2.75) is 25.8 Å². The number of carbonyl (C=O) groups is 3. The number of rotatable bonds is 6. The van der Waals surface area contributed by atoms with Crippen LogP contribution in [0.15, 0.2) is 18.2 Å². The maximum Gasteiger partial charge on any atom is 0.326 e. The van der Waals surface area contributed by atoms with Gasteiger partial charge in [0.2, 0.25) is 5.91 Å². The molecule has 0 radical (unpaired) electrons. The van der Waals surface area contributed by atoms with E-state index >= 15 is 0 Å². The van der Waals surface area contributed by atoms with Crippen LogP contribution in [0.1, 0.15) is 18.9 Å². The molecule has 8 heteroatoms. The minimum atomic E-state index is -1.13. The summed E-state index contributed by atoms with van der Waals surface area (Å²) in [6.07, 6.45) is 0.256. The first-order chi connectivity index (χ1) is 11.3. The second-order valence-electron chi connectivity index (χ2n) is 5.80. The number of carboxylic acid groups (broad SMARTS) is 1. The molecule has 130 valence electrons. The molecule has 1 amide bonds. The summed E-state index contributed by atoms with van der Waals surface area (Å²) in [4.78, 5) is 36.1. The van der Waals surface area contributed by atoms with E-state index in [0.29, 0.717) is 17.9 Å². The average molecular weight is 353 g/mol. The van der Waals surface area contributed by atoms with Crippen molar-refractivity contribution in [3.63, 3.8) is 0 Å².